The van der Waals surface area contributed by atoms with Gasteiger partial charge in [0.1, 0.15) is 13.1 Å². The van der Waals surface area contributed by atoms with E-state index >= 15 is 0 Å². The number of thiocarbonyl (C=S) groups is 1. The minimum absolute atomic E-state index is 0.0808. The molecule has 0 bridgehead atoms. The molecule has 8 heteroatoms. The summed E-state index contributed by atoms with van der Waals surface area (Å²) >= 11 is 4.87. The van der Waals surface area contributed by atoms with Gasteiger partial charge in [-0.25, -0.2) is 0 Å². The summed E-state index contributed by atoms with van der Waals surface area (Å²) in [5, 5.41) is 0. The molecule has 0 unspecified atom stereocenters. The number of esters is 2. The van der Waals surface area contributed by atoms with Crippen molar-refractivity contribution in [2.24, 2.45) is 11.1 Å². The second kappa shape index (κ2) is 5.96. The third-order valence-corrected chi connectivity index (χ3v) is 3.40. The highest BCUT2D eigenvalue weighted by Gasteiger charge is 2.54. The molecule has 1 amide bonds. The molecule has 0 saturated heterocycles. The van der Waals surface area contributed by atoms with Crippen molar-refractivity contribution in [3.05, 3.63) is 0 Å². The maximum absolute atomic E-state index is 12.3. The van der Waals surface area contributed by atoms with Crippen LogP contribution in [-0.4, -0.2) is 55.0 Å². The van der Waals surface area contributed by atoms with E-state index in [1.165, 1.54) is 14.2 Å². The standard InChI is InChI=1S/C11H16N2O5S/c1-17-7(14)5-13(6-8(15)18-2)10(16)11(3-4-11)9(12)19/h3-6H2,1-2H3,(H2,12,19). The predicted molar refractivity (Wildman–Crippen MR) is 69.1 cm³/mol. The average molecular weight is 288 g/mol. The predicted octanol–water partition coefficient (Wildman–Crippen LogP) is -0.773. The largest absolute Gasteiger partial charge is 0.468 e. The lowest BCUT2D eigenvalue weighted by Crippen LogP contribution is -2.47. The SMILES string of the molecule is COC(=O)CN(CC(=O)OC)C(=O)C1(C(N)=S)CC1. The Morgan fingerprint density at radius 2 is 1.58 bits per heavy atom. The zero-order valence-corrected chi connectivity index (χ0v) is 11.6. The molecule has 0 aromatic rings. The summed E-state index contributed by atoms with van der Waals surface area (Å²) in [4.78, 5) is 36.0. The maximum Gasteiger partial charge on any atom is 0.325 e. The van der Waals surface area contributed by atoms with Gasteiger partial charge in [-0.05, 0) is 12.8 Å². The van der Waals surface area contributed by atoms with Crippen LogP contribution in [0.5, 0.6) is 0 Å². The van der Waals surface area contributed by atoms with E-state index in [1.807, 2.05) is 0 Å². The van der Waals surface area contributed by atoms with Gasteiger partial charge in [0, 0.05) is 0 Å². The Labute approximate surface area is 116 Å². The fourth-order valence-electron chi connectivity index (χ4n) is 1.63. The number of rotatable bonds is 6. The number of nitrogens with zero attached hydrogens (tertiary/aromatic N) is 1. The van der Waals surface area contributed by atoms with Gasteiger partial charge in [0.15, 0.2) is 0 Å². The molecule has 1 aliphatic rings. The number of ether oxygens (including phenoxy) is 2. The number of nitrogens with two attached hydrogens (primary N) is 1. The minimum Gasteiger partial charge on any atom is -0.468 e. The molecule has 0 aromatic heterocycles. The summed E-state index contributed by atoms with van der Waals surface area (Å²) in [6, 6.07) is 0. The van der Waals surface area contributed by atoms with Crippen molar-refractivity contribution in [3.8, 4) is 0 Å². The molecule has 1 rings (SSSR count). The maximum atomic E-state index is 12.3. The lowest BCUT2D eigenvalue weighted by molar-refractivity contribution is -0.153. The smallest absolute Gasteiger partial charge is 0.325 e. The Morgan fingerprint density at radius 3 is 1.84 bits per heavy atom. The first-order valence-corrected chi connectivity index (χ1v) is 6.01. The summed E-state index contributed by atoms with van der Waals surface area (Å²) in [6.07, 6.45) is 1.06. The van der Waals surface area contributed by atoms with E-state index < -0.39 is 23.3 Å². The molecule has 0 aromatic carbocycles. The number of carbonyl (C=O) groups is 3. The second-order valence-corrected chi connectivity index (χ2v) is 4.70. The summed E-state index contributed by atoms with van der Waals surface area (Å²) in [5.41, 5.74) is 4.63. The zero-order valence-electron chi connectivity index (χ0n) is 10.8. The van der Waals surface area contributed by atoms with Crippen LogP contribution in [-0.2, 0) is 23.9 Å². The third-order valence-electron chi connectivity index (χ3n) is 3.01. The van der Waals surface area contributed by atoms with Crippen molar-refractivity contribution in [1.29, 1.82) is 0 Å². The highest BCUT2D eigenvalue weighted by atomic mass is 32.1. The molecule has 7 nitrogen and oxygen atoms in total. The van der Waals surface area contributed by atoms with Crippen LogP contribution in [0.3, 0.4) is 0 Å². The highest BCUT2D eigenvalue weighted by Crippen LogP contribution is 2.47. The first kappa shape index (κ1) is 15.4. The Hall–Kier alpha value is -1.70. The van der Waals surface area contributed by atoms with Gasteiger partial charge in [-0.15, -0.1) is 0 Å². The van der Waals surface area contributed by atoms with Gasteiger partial charge in [-0.3, -0.25) is 14.4 Å². The van der Waals surface area contributed by atoms with Crippen LogP contribution < -0.4 is 5.73 Å². The Kier molecular flexibility index (Phi) is 4.82. The molecule has 0 radical (unpaired) electrons. The Morgan fingerprint density at radius 1 is 1.16 bits per heavy atom. The van der Waals surface area contributed by atoms with Gasteiger partial charge in [-0.1, -0.05) is 12.2 Å². The fourth-order valence-corrected chi connectivity index (χ4v) is 1.93. The number of methoxy groups -OCH3 is 2. The van der Waals surface area contributed by atoms with Crippen molar-refractivity contribution in [1.82, 2.24) is 4.90 Å². The molecule has 106 valence electrons. The van der Waals surface area contributed by atoms with Crippen molar-refractivity contribution in [3.63, 3.8) is 0 Å². The van der Waals surface area contributed by atoms with E-state index in [4.69, 9.17) is 18.0 Å². The molecule has 19 heavy (non-hydrogen) atoms. The van der Waals surface area contributed by atoms with Crippen LogP contribution in [0.2, 0.25) is 0 Å². The molecule has 0 aliphatic heterocycles. The van der Waals surface area contributed by atoms with Crippen molar-refractivity contribution in [2.45, 2.75) is 12.8 Å². The van der Waals surface area contributed by atoms with Gasteiger partial charge in [0.25, 0.3) is 0 Å². The molecule has 0 atom stereocenters. The summed E-state index contributed by atoms with van der Waals surface area (Å²) in [6.45, 7) is -0.677. The van der Waals surface area contributed by atoms with E-state index in [9.17, 15) is 14.4 Å². The van der Waals surface area contributed by atoms with Crippen LogP contribution in [0.1, 0.15) is 12.8 Å². The zero-order chi connectivity index (χ0) is 14.6. The fraction of sp³-hybridized carbons (Fsp3) is 0.636. The van der Waals surface area contributed by atoms with Gasteiger partial charge >= 0.3 is 11.9 Å². The second-order valence-electron chi connectivity index (χ2n) is 4.26. The summed E-state index contributed by atoms with van der Waals surface area (Å²) in [7, 11) is 2.40. The van der Waals surface area contributed by atoms with Gasteiger partial charge < -0.3 is 20.1 Å². The Balaban J connectivity index is 2.83. The van der Waals surface area contributed by atoms with Gasteiger partial charge in [0.05, 0.1) is 24.6 Å². The quantitative estimate of drug-likeness (QED) is 0.506. The number of hydrogen-bond acceptors (Lipinski definition) is 6. The number of carbonyl (C=O) groups excluding carboxylic acids is 3. The first-order valence-electron chi connectivity index (χ1n) is 5.60. The van der Waals surface area contributed by atoms with Crippen LogP contribution in [0.4, 0.5) is 0 Å². The van der Waals surface area contributed by atoms with Crippen LogP contribution in [0, 0.1) is 5.41 Å². The summed E-state index contributed by atoms with van der Waals surface area (Å²) in [5.74, 6) is -1.69. The highest BCUT2D eigenvalue weighted by molar-refractivity contribution is 7.80. The molecular weight excluding hydrogens is 272 g/mol. The van der Waals surface area contributed by atoms with E-state index in [0.29, 0.717) is 12.8 Å². The third kappa shape index (κ3) is 3.40. The Bertz CT molecular complexity index is 401. The number of hydrogen-bond donors (Lipinski definition) is 1. The van der Waals surface area contributed by atoms with Crippen LogP contribution in [0.15, 0.2) is 0 Å². The van der Waals surface area contributed by atoms with E-state index in [1.54, 1.807) is 0 Å². The van der Waals surface area contributed by atoms with Crippen molar-refractivity contribution in [2.75, 3.05) is 27.3 Å². The van der Waals surface area contributed by atoms with E-state index in [2.05, 4.69) is 9.47 Å². The van der Waals surface area contributed by atoms with Crippen LogP contribution in [0.25, 0.3) is 0 Å². The molecule has 0 heterocycles. The molecule has 1 fully saturated rings. The summed E-state index contributed by atoms with van der Waals surface area (Å²) < 4.78 is 8.98. The van der Waals surface area contributed by atoms with E-state index in [-0.39, 0.29) is 18.1 Å². The molecule has 0 spiro atoms. The average Bonchev–Trinajstić information content (AvgIpc) is 3.18. The van der Waals surface area contributed by atoms with Gasteiger partial charge in [0.2, 0.25) is 5.91 Å². The first-order chi connectivity index (χ1) is 8.87. The van der Waals surface area contributed by atoms with Crippen molar-refractivity contribution < 1.29 is 23.9 Å². The topological polar surface area (TPSA) is 98.9 Å². The normalized spacial score (nSPS) is 15.3. The van der Waals surface area contributed by atoms with E-state index in [0.717, 1.165) is 4.90 Å². The minimum atomic E-state index is -0.919. The lowest BCUT2D eigenvalue weighted by Gasteiger charge is -2.24. The number of amides is 1. The monoisotopic (exact) mass is 288 g/mol. The van der Waals surface area contributed by atoms with Crippen molar-refractivity contribution >= 4 is 35.1 Å². The lowest BCUT2D eigenvalue weighted by atomic mass is 10.1. The van der Waals surface area contributed by atoms with Gasteiger partial charge in [-0.2, -0.15) is 0 Å². The molecular formula is C11H16N2O5S. The molecule has 1 aliphatic carbocycles. The molecule has 1 saturated carbocycles. The van der Waals surface area contributed by atoms with Crippen LogP contribution >= 0.6 is 12.2 Å². The molecule has 2 N–H and O–H groups in total.